The molecule has 0 fully saturated rings. The maximum Gasteiger partial charge on any atom is 0.310 e. The fraction of sp³-hybridized carbons (Fsp3) is 0.600. The molecule has 1 atom stereocenters. The van der Waals surface area contributed by atoms with Crippen LogP contribution < -0.4 is 0 Å². The van der Waals surface area contributed by atoms with Gasteiger partial charge in [0, 0.05) is 13.0 Å². The lowest BCUT2D eigenvalue weighted by atomic mass is 10.1. The quantitative estimate of drug-likeness (QED) is 0.0345. The molecule has 0 spiro atoms. The van der Waals surface area contributed by atoms with E-state index in [-0.39, 0.29) is 38.0 Å². The van der Waals surface area contributed by atoms with Gasteiger partial charge in [-0.25, -0.2) is 0 Å². The summed E-state index contributed by atoms with van der Waals surface area (Å²) < 4.78 is 17.3. The van der Waals surface area contributed by atoms with Crippen LogP contribution >= 0.6 is 0 Å². The highest BCUT2D eigenvalue weighted by atomic mass is 16.6. The van der Waals surface area contributed by atoms with Crippen molar-refractivity contribution in [2.24, 2.45) is 0 Å². The first-order chi connectivity index (χ1) is 34.6. The van der Waals surface area contributed by atoms with Gasteiger partial charge >= 0.3 is 11.9 Å². The number of rotatable bonds is 50. The van der Waals surface area contributed by atoms with Crippen molar-refractivity contribution < 1.29 is 23.8 Å². The highest BCUT2D eigenvalue weighted by Crippen LogP contribution is 2.13. The summed E-state index contributed by atoms with van der Waals surface area (Å²) in [7, 11) is 0. The van der Waals surface area contributed by atoms with Crippen LogP contribution in [0.1, 0.15) is 226 Å². The van der Waals surface area contributed by atoms with Crippen molar-refractivity contribution >= 4 is 11.9 Å². The van der Waals surface area contributed by atoms with Crippen LogP contribution in [-0.4, -0.2) is 37.9 Å². The molecule has 70 heavy (non-hydrogen) atoms. The third-order valence-electron chi connectivity index (χ3n) is 11.4. The van der Waals surface area contributed by atoms with Crippen LogP contribution in [0.5, 0.6) is 0 Å². The number of ether oxygens (including phenoxy) is 3. The van der Waals surface area contributed by atoms with Crippen molar-refractivity contribution in [1.82, 2.24) is 0 Å². The molecule has 0 aromatic heterocycles. The molecule has 5 heteroatoms. The van der Waals surface area contributed by atoms with E-state index in [1.807, 2.05) is 18.2 Å². The summed E-state index contributed by atoms with van der Waals surface area (Å²) in [6.45, 7) is 7.40. The molecule has 0 amide bonds. The van der Waals surface area contributed by atoms with E-state index in [4.69, 9.17) is 14.2 Å². The zero-order valence-electron chi connectivity index (χ0n) is 45.2. The molecule has 0 rings (SSSR count). The Labute approximate surface area is 431 Å². The van der Waals surface area contributed by atoms with Crippen LogP contribution in [0.4, 0.5) is 0 Å². The fourth-order valence-corrected chi connectivity index (χ4v) is 7.25. The van der Waals surface area contributed by atoms with Gasteiger partial charge < -0.3 is 14.2 Å². The van der Waals surface area contributed by atoms with Crippen molar-refractivity contribution in [3.63, 3.8) is 0 Å². The highest BCUT2D eigenvalue weighted by molar-refractivity contribution is 5.71. The molecule has 0 N–H and O–H groups in total. The van der Waals surface area contributed by atoms with E-state index in [2.05, 4.69) is 148 Å². The zero-order chi connectivity index (χ0) is 50.6. The molecular formula is C65H104O5. The summed E-state index contributed by atoms with van der Waals surface area (Å²) in [5, 5.41) is 0. The predicted molar refractivity (Wildman–Crippen MR) is 306 cm³/mol. The topological polar surface area (TPSA) is 61.8 Å². The van der Waals surface area contributed by atoms with Crippen LogP contribution in [0.15, 0.2) is 146 Å². The zero-order valence-corrected chi connectivity index (χ0v) is 45.2. The standard InChI is InChI=1S/C65H104O5/c1-4-7-10-13-16-19-22-25-28-30-32-34-36-39-42-45-48-51-54-57-60-68-61-63(70-65(67)59-56-53-50-47-44-41-37-27-24-21-18-15-12-9-6-3)62-69-64(66)58-55-52-49-46-43-40-38-35-33-31-29-26-23-20-17-14-11-8-5-2/h8-9,11-12,17-18,20-21,25-29,33,35,37,40,43-44,47,49,52-53,56,63H,4-7,10,13-16,19,22-24,30-32,34,36,38-39,41-42,45-46,48,50-51,54-55,57-62H2,1-3H3/b11-8-,12-9-,20-17-,21-18-,28-25-,29-26-,35-33-,37-27-,43-40-,47-44-,52-49-,56-53-. The lowest BCUT2D eigenvalue weighted by Gasteiger charge is -2.18. The van der Waals surface area contributed by atoms with E-state index >= 15 is 0 Å². The predicted octanol–water partition coefficient (Wildman–Crippen LogP) is 19.7. The number of carbonyl (C=O) groups is 2. The van der Waals surface area contributed by atoms with E-state index < -0.39 is 6.10 Å². The Morgan fingerprint density at radius 3 is 1.10 bits per heavy atom. The minimum atomic E-state index is -0.633. The first kappa shape index (κ1) is 65.8. The second-order valence-corrected chi connectivity index (χ2v) is 18.1. The van der Waals surface area contributed by atoms with Gasteiger partial charge in [-0.15, -0.1) is 0 Å². The fourth-order valence-electron chi connectivity index (χ4n) is 7.25. The van der Waals surface area contributed by atoms with Gasteiger partial charge in [0.2, 0.25) is 0 Å². The molecule has 0 bridgehead atoms. The van der Waals surface area contributed by atoms with Gasteiger partial charge in [0.05, 0.1) is 13.0 Å². The summed E-state index contributed by atoms with van der Waals surface area (Å²) in [6, 6.07) is 0. The Hall–Kier alpha value is -4.22. The Kier molecular flexibility index (Phi) is 55.5. The monoisotopic (exact) mass is 965 g/mol. The normalized spacial score (nSPS) is 13.4. The lowest BCUT2D eigenvalue weighted by Crippen LogP contribution is -2.29. The van der Waals surface area contributed by atoms with Crippen molar-refractivity contribution in [3.05, 3.63) is 146 Å². The molecule has 1 unspecified atom stereocenters. The molecule has 0 aliphatic rings. The van der Waals surface area contributed by atoms with Crippen LogP contribution in [0, 0.1) is 0 Å². The molecule has 0 heterocycles. The number of hydrogen-bond donors (Lipinski definition) is 0. The summed E-state index contributed by atoms with van der Waals surface area (Å²) in [6.07, 6.45) is 86.2. The summed E-state index contributed by atoms with van der Waals surface area (Å²) in [5.74, 6) is -0.649. The van der Waals surface area contributed by atoms with Gasteiger partial charge in [0.15, 0.2) is 6.10 Å². The number of allylic oxidation sites excluding steroid dienone is 23. The minimum absolute atomic E-state index is 0.00402. The molecule has 0 aromatic carbocycles. The first-order valence-corrected chi connectivity index (χ1v) is 28.4. The molecule has 0 radical (unpaired) electrons. The molecular weight excluding hydrogens is 861 g/mol. The molecule has 0 saturated carbocycles. The average Bonchev–Trinajstić information content (AvgIpc) is 3.36. The number of unbranched alkanes of at least 4 members (excludes halogenated alkanes) is 16. The second kappa shape index (κ2) is 59.1. The number of carbonyl (C=O) groups excluding carboxylic acids is 2. The lowest BCUT2D eigenvalue weighted by molar-refractivity contribution is -0.162. The molecule has 394 valence electrons. The molecule has 5 nitrogen and oxygen atoms in total. The smallest absolute Gasteiger partial charge is 0.310 e. The van der Waals surface area contributed by atoms with Gasteiger partial charge in [-0.1, -0.05) is 250 Å². The van der Waals surface area contributed by atoms with Crippen LogP contribution in [0.2, 0.25) is 0 Å². The molecule has 0 aliphatic heterocycles. The third-order valence-corrected chi connectivity index (χ3v) is 11.4. The SMILES string of the molecule is CC/C=C\C/C=C\C/C=C\C/C=C\C/C=C\C/C=C\CCC(=O)OCC(COCCCCCCCCCCCC/C=C\CCCCCCCC)OC(=O)C/C=C\C/C=C\C/C=C\C/C=C\C/C=C\CC. The van der Waals surface area contributed by atoms with Crippen LogP contribution in [0.3, 0.4) is 0 Å². The molecule has 0 aliphatic carbocycles. The van der Waals surface area contributed by atoms with Crippen LogP contribution in [0.25, 0.3) is 0 Å². The van der Waals surface area contributed by atoms with Crippen molar-refractivity contribution in [2.75, 3.05) is 19.8 Å². The first-order valence-electron chi connectivity index (χ1n) is 28.4. The van der Waals surface area contributed by atoms with E-state index in [0.717, 1.165) is 83.5 Å². The van der Waals surface area contributed by atoms with Gasteiger partial charge in [0.1, 0.15) is 6.61 Å². The molecule has 0 aromatic rings. The van der Waals surface area contributed by atoms with Gasteiger partial charge in [-0.05, 0) is 109 Å². The van der Waals surface area contributed by atoms with Crippen molar-refractivity contribution in [1.29, 1.82) is 0 Å². The Balaban J connectivity index is 4.49. The maximum atomic E-state index is 12.8. The summed E-state index contributed by atoms with van der Waals surface area (Å²) >= 11 is 0. The minimum Gasteiger partial charge on any atom is -0.462 e. The largest absolute Gasteiger partial charge is 0.462 e. The van der Waals surface area contributed by atoms with Crippen LogP contribution in [-0.2, 0) is 23.8 Å². The van der Waals surface area contributed by atoms with E-state index in [9.17, 15) is 9.59 Å². The van der Waals surface area contributed by atoms with E-state index in [1.165, 1.54) is 103 Å². The van der Waals surface area contributed by atoms with Gasteiger partial charge in [-0.2, -0.15) is 0 Å². The van der Waals surface area contributed by atoms with Gasteiger partial charge in [0.25, 0.3) is 0 Å². The second-order valence-electron chi connectivity index (χ2n) is 18.1. The van der Waals surface area contributed by atoms with E-state index in [1.54, 1.807) is 0 Å². The highest BCUT2D eigenvalue weighted by Gasteiger charge is 2.17. The Morgan fingerprint density at radius 2 is 0.686 bits per heavy atom. The number of hydrogen-bond acceptors (Lipinski definition) is 5. The van der Waals surface area contributed by atoms with Gasteiger partial charge in [-0.3, -0.25) is 9.59 Å². The number of esters is 2. The maximum absolute atomic E-state index is 12.8. The summed E-state index contributed by atoms with van der Waals surface area (Å²) in [5.41, 5.74) is 0. The van der Waals surface area contributed by atoms with Crippen molar-refractivity contribution in [2.45, 2.75) is 232 Å². The van der Waals surface area contributed by atoms with E-state index in [0.29, 0.717) is 13.0 Å². The Morgan fingerprint density at radius 1 is 0.343 bits per heavy atom. The van der Waals surface area contributed by atoms with Crippen molar-refractivity contribution in [3.8, 4) is 0 Å². The molecule has 0 saturated heterocycles. The summed E-state index contributed by atoms with van der Waals surface area (Å²) in [4.78, 5) is 25.4. The average molecular weight is 966 g/mol. The third kappa shape index (κ3) is 56.4. The Bertz CT molecular complexity index is 1510.